The van der Waals surface area contributed by atoms with Crippen molar-refractivity contribution in [1.29, 1.82) is 0 Å². The summed E-state index contributed by atoms with van der Waals surface area (Å²) >= 11 is 0. The van der Waals surface area contributed by atoms with Gasteiger partial charge in [-0.3, -0.25) is 4.79 Å². The predicted octanol–water partition coefficient (Wildman–Crippen LogP) is 1.39. The Bertz CT molecular complexity index is 333. The summed E-state index contributed by atoms with van der Waals surface area (Å²) in [6, 6.07) is -0.489. The van der Waals surface area contributed by atoms with Crippen LogP contribution in [-0.2, 0) is 15.8 Å². The van der Waals surface area contributed by atoms with Gasteiger partial charge in [0.2, 0.25) is 0 Å². The highest BCUT2D eigenvalue weighted by Gasteiger charge is 2.61. The zero-order valence-corrected chi connectivity index (χ0v) is 10.8. The lowest BCUT2D eigenvalue weighted by molar-refractivity contribution is -0.137. The molecule has 1 saturated heterocycles. The average Bonchev–Trinajstić information content (AvgIpc) is 2.73. The lowest BCUT2D eigenvalue weighted by Crippen LogP contribution is -2.31. The second kappa shape index (κ2) is 3.81. The van der Waals surface area contributed by atoms with Crippen LogP contribution in [-0.4, -0.2) is 36.4 Å². The minimum atomic E-state index is -1.19. The number of rotatable bonds is 3. The fraction of sp³-hybridized carbons (Fsp3) is 0.909. The van der Waals surface area contributed by atoms with E-state index in [1.54, 1.807) is 4.31 Å². The molecule has 0 amide bonds. The summed E-state index contributed by atoms with van der Waals surface area (Å²) in [5.41, 5.74) is 0. The summed E-state index contributed by atoms with van der Waals surface area (Å²) < 4.78 is 13.5. The average molecular weight is 245 g/mol. The van der Waals surface area contributed by atoms with Crippen molar-refractivity contribution in [3.05, 3.63) is 0 Å². The molecule has 0 aromatic rings. The van der Waals surface area contributed by atoms with E-state index in [9.17, 15) is 9.00 Å². The van der Waals surface area contributed by atoms with Crippen LogP contribution >= 0.6 is 0 Å². The van der Waals surface area contributed by atoms with E-state index in [0.717, 1.165) is 12.8 Å². The van der Waals surface area contributed by atoms with Gasteiger partial charge in [0.25, 0.3) is 0 Å². The molecule has 0 aromatic heterocycles. The van der Waals surface area contributed by atoms with Crippen LogP contribution in [0.1, 0.15) is 40.0 Å². The standard InChI is InChI=1S/C11H19NO3S/c1-11(2,3)16(15)12-8(7-5-4-6-7)9(12)10(13)14/h7-9H,4-6H2,1-3H3,(H,13,14)/t8-,9-,12?,16-/m0/s1. The second-order valence-electron chi connectivity index (χ2n) is 5.69. The first-order valence-corrected chi connectivity index (χ1v) is 6.88. The van der Waals surface area contributed by atoms with Crippen molar-refractivity contribution >= 4 is 17.0 Å². The van der Waals surface area contributed by atoms with Crippen LogP contribution < -0.4 is 0 Å². The van der Waals surface area contributed by atoms with Gasteiger partial charge < -0.3 is 5.11 Å². The third-order valence-corrected chi connectivity index (χ3v) is 5.30. The van der Waals surface area contributed by atoms with Crippen LogP contribution in [0.15, 0.2) is 0 Å². The zero-order valence-electron chi connectivity index (χ0n) is 9.97. The van der Waals surface area contributed by atoms with Crippen molar-refractivity contribution in [2.45, 2.75) is 56.9 Å². The molecule has 0 spiro atoms. The molecule has 0 aromatic carbocycles. The van der Waals surface area contributed by atoms with Crippen LogP contribution in [0.3, 0.4) is 0 Å². The van der Waals surface area contributed by atoms with E-state index in [1.165, 1.54) is 6.42 Å². The van der Waals surface area contributed by atoms with Crippen molar-refractivity contribution in [3.8, 4) is 0 Å². The fourth-order valence-corrected chi connectivity index (χ4v) is 3.77. The predicted molar refractivity (Wildman–Crippen MR) is 62.3 cm³/mol. The van der Waals surface area contributed by atoms with Gasteiger partial charge in [0, 0.05) is 0 Å². The maximum atomic E-state index is 12.2. The van der Waals surface area contributed by atoms with Gasteiger partial charge in [0.15, 0.2) is 0 Å². The van der Waals surface area contributed by atoms with Gasteiger partial charge >= 0.3 is 5.97 Å². The molecular formula is C11H19NO3S. The van der Waals surface area contributed by atoms with Gasteiger partial charge in [0.05, 0.1) is 10.8 Å². The van der Waals surface area contributed by atoms with Gasteiger partial charge in [-0.2, -0.15) is 0 Å². The Kier molecular flexibility index (Phi) is 2.87. The minimum Gasteiger partial charge on any atom is -0.480 e. The maximum absolute atomic E-state index is 12.2. The summed E-state index contributed by atoms with van der Waals surface area (Å²) in [6.07, 6.45) is 3.36. The molecule has 5 heteroatoms. The first-order valence-electron chi connectivity index (χ1n) is 5.77. The number of carboxylic acids is 1. The highest BCUT2D eigenvalue weighted by atomic mass is 32.2. The van der Waals surface area contributed by atoms with Crippen molar-refractivity contribution in [2.75, 3.05) is 0 Å². The molecule has 1 saturated carbocycles. The third kappa shape index (κ3) is 1.91. The molecule has 4 atom stereocenters. The summed E-state index contributed by atoms with van der Waals surface area (Å²) in [4.78, 5) is 11.1. The van der Waals surface area contributed by atoms with Crippen molar-refractivity contribution in [2.24, 2.45) is 5.92 Å². The summed E-state index contributed by atoms with van der Waals surface area (Å²) in [6.45, 7) is 5.66. The molecule has 1 heterocycles. The van der Waals surface area contributed by atoms with E-state index in [-0.39, 0.29) is 10.8 Å². The normalized spacial score (nSPS) is 36.6. The molecule has 1 N–H and O–H groups in total. The SMILES string of the molecule is CC(C)(C)[S@](=O)N1[C@H](C(=O)O)[C@@H]1C1CCC1. The molecule has 0 radical (unpaired) electrons. The summed E-state index contributed by atoms with van der Waals surface area (Å²) in [5.74, 6) is -0.373. The highest BCUT2D eigenvalue weighted by Crippen LogP contribution is 2.46. The van der Waals surface area contributed by atoms with Crippen LogP contribution in [0.2, 0.25) is 0 Å². The van der Waals surface area contributed by atoms with E-state index in [2.05, 4.69) is 0 Å². The Hall–Kier alpha value is -0.420. The highest BCUT2D eigenvalue weighted by molar-refractivity contribution is 7.84. The molecule has 16 heavy (non-hydrogen) atoms. The monoisotopic (exact) mass is 245 g/mol. The fourth-order valence-electron chi connectivity index (χ4n) is 2.26. The van der Waals surface area contributed by atoms with E-state index in [0.29, 0.717) is 5.92 Å². The van der Waals surface area contributed by atoms with Gasteiger partial charge in [-0.25, -0.2) is 8.51 Å². The summed E-state index contributed by atoms with van der Waals surface area (Å²) in [5, 5.41) is 9.10. The third-order valence-electron chi connectivity index (χ3n) is 3.40. The first kappa shape index (κ1) is 12.0. The van der Waals surface area contributed by atoms with Gasteiger partial charge in [0.1, 0.15) is 17.0 Å². The van der Waals surface area contributed by atoms with Gasteiger partial charge in [-0.05, 0) is 39.5 Å². The number of hydrogen-bond donors (Lipinski definition) is 1. The molecule has 1 aliphatic carbocycles. The maximum Gasteiger partial charge on any atom is 0.323 e. The van der Waals surface area contributed by atoms with E-state index in [1.807, 2.05) is 20.8 Å². The lowest BCUT2D eigenvalue weighted by atomic mass is 9.82. The van der Waals surface area contributed by atoms with E-state index in [4.69, 9.17) is 5.11 Å². The Labute approximate surface area is 98.6 Å². The minimum absolute atomic E-state index is 0.0197. The molecule has 4 nitrogen and oxygen atoms in total. The molecule has 1 unspecified atom stereocenters. The van der Waals surface area contributed by atoms with Crippen molar-refractivity contribution in [1.82, 2.24) is 4.31 Å². The first-order chi connectivity index (χ1) is 7.34. The van der Waals surface area contributed by atoms with E-state index >= 15 is 0 Å². The lowest BCUT2D eigenvalue weighted by Gasteiger charge is -2.26. The smallest absolute Gasteiger partial charge is 0.323 e. The zero-order chi connectivity index (χ0) is 12.1. The van der Waals surface area contributed by atoms with Gasteiger partial charge in [-0.15, -0.1) is 0 Å². The number of hydrogen-bond acceptors (Lipinski definition) is 2. The molecule has 0 bridgehead atoms. The Balaban J connectivity index is 2.09. The number of aliphatic carboxylic acids is 1. The van der Waals surface area contributed by atoms with Gasteiger partial charge in [-0.1, -0.05) is 6.42 Å². The van der Waals surface area contributed by atoms with Crippen LogP contribution in [0.5, 0.6) is 0 Å². The number of carbonyl (C=O) groups is 1. The molecule has 2 fully saturated rings. The Morgan fingerprint density at radius 2 is 1.94 bits per heavy atom. The molecule has 2 rings (SSSR count). The largest absolute Gasteiger partial charge is 0.480 e. The number of carboxylic acid groups (broad SMARTS) is 1. The summed E-state index contributed by atoms with van der Waals surface area (Å²) in [7, 11) is -1.19. The van der Waals surface area contributed by atoms with Crippen LogP contribution in [0, 0.1) is 5.92 Å². The van der Waals surface area contributed by atoms with Crippen molar-refractivity contribution in [3.63, 3.8) is 0 Å². The van der Waals surface area contributed by atoms with E-state index < -0.39 is 23.0 Å². The Morgan fingerprint density at radius 1 is 1.38 bits per heavy atom. The number of nitrogens with zero attached hydrogens (tertiary/aromatic N) is 1. The molecule has 92 valence electrons. The van der Waals surface area contributed by atoms with Crippen molar-refractivity contribution < 1.29 is 14.1 Å². The molecular weight excluding hydrogens is 226 g/mol. The Morgan fingerprint density at radius 3 is 2.25 bits per heavy atom. The van der Waals surface area contributed by atoms with Crippen LogP contribution in [0.25, 0.3) is 0 Å². The topological polar surface area (TPSA) is 57.4 Å². The quantitative estimate of drug-likeness (QED) is 0.764. The molecule has 1 aliphatic heterocycles. The second-order valence-corrected chi connectivity index (χ2v) is 7.83. The van der Waals surface area contributed by atoms with Crippen LogP contribution in [0.4, 0.5) is 0 Å². The molecule has 2 aliphatic rings.